The summed E-state index contributed by atoms with van der Waals surface area (Å²) in [5.74, 6) is -0.267. The average molecular weight is 335 g/mol. The zero-order valence-corrected chi connectivity index (χ0v) is 13.6. The smallest absolute Gasteiger partial charge is 0.319 e. The SMILES string of the molecule is O=C(NCCc1cccc(F)c1)Nc1ccc(-c2ccncc2)cc1. The molecule has 3 aromatic rings. The fraction of sp³-hybridized carbons (Fsp3) is 0.100. The largest absolute Gasteiger partial charge is 0.338 e. The Hall–Kier alpha value is -3.21. The number of urea groups is 1. The summed E-state index contributed by atoms with van der Waals surface area (Å²) in [5, 5.41) is 5.55. The van der Waals surface area contributed by atoms with Gasteiger partial charge < -0.3 is 10.6 Å². The Balaban J connectivity index is 1.49. The number of nitrogens with zero attached hydrogens (tertiary/aromatic N) is 1. The van der Waals surface area contributed by atoms with Crippen molar-refractivity contribution in [3.63, 3.8) is 0 Å². The molecule has 0 fully saturated rings. The van der Waals surface area contributed by atoms with E-state index in [0.717, 1.165) is 16.7 Å². The first kappa shape index (κ1) is 16.6. The Morgan fingerprint density at radius 3 is 2.40 bits per heavy atom. The minimum Gasteiger partial charge on any atom is -0.338 e. The molecular formula is C20H18FN3O. The van der Waals surface area contributed by atoms with Gasteiger partial charge in [0.25, 0.3) is 0 Å². The number of benzene rings is 2. The second-order valence-corrected chi connectivity index (χ2v) is 5.57. The molecule has 3 rings (SSSR count). The van der Waals surface area contributed by atoms with Crippen LogP contribution >= 0.6 is 0 Å². The fourth-order valence-electron chi connectivity index (χ4n) is 2.48. The molecule has 0 spiro atoms. The maximum Gasteiger partial charge on any atom is 0.319 e. The lowest BCUT2D eigenvalue weighted by atomic mass is 10.1. The number of aromatic nitrogens is 1. The van der Waals surface area contributed by atoms with E-state index < -0.39 is 0 Å². The summed E-state index contributed by atoms with van der Waals surface area (Å²) in [4.78, 5) is 15.9. The van der Waals surface area contributed by atoms with Crippen molar-refractivity contribution in [2.45, 2.75) is 6.42 Å². The van der Waals surface area contributed by atoms with Gasteiger partial charge in [0, 0.05) is 24.6 Å². The minimum absolute atomic E-state index is 0.267. The Kier molecular flexibility index (Phi) is 5.36. The summed E-state index contributed by atoms with van der Waals surface area (Å²) in [6, 6.07) is 17.5. The lowest BCUT2D eigenvalue weighted by Crippen LogP contribution is -2.30. The lowest BCUT2D eigenvalue weighted by molar-refractivity contribution is 0.252. The zero-order valence-electron chi connectivity index (χ0n) is 13.6. The number of pyridine rings is 1. The number of hydrogen-bond acceptors (Lipinski definition) is 2. The van der Waals surface area contributed by atoms with Crippen LogP contribution in [0.25, 0.3) is 11.1 Å². The number of carbonyl (C=O) groups excluding carboxylic acids is 1. The van der Waals surface area contributed by atoms with Gasteiger partial charge in [-0.15, -0.1) is 0 Å². The van der Waals surface area contributed by atoms with Gasteiger partial charge in [0.2, 0.25) is 0 Å². The van der Waals surface area contributed by atoms with E-state index in [2.05, 4.69) is 15.6 Å². The van der Waals surface area contributed by atoms with E-state index in [1.54, 1.807) is 18.5 Å². The van der Waals surface area contributed by atoms with E-state index in [1.807, 2.05) is 42.5 Å². The Morgan fingerprint density at radius 1 is 0.960 bits per heavy atom. The Morgan fingerprint density at radius 2 is 1.68 bits per heavy atom. The Bertz CT molecular complexity index is 835. The van der Waals surface area contributed by atoms with Crippen LogP contribution in [-0.2, 0) is 6.42 Å². The molecule has 1 aromatic heterocycles. The molecule has 2 amide bonds. The Labute approximate surface area is 145 Å². The molecule has 4 nitrogen and oxygen atoms in total. The number of carbonyl (C=O) groups is 1. The number of rotatable bonds is 5. The van der Waals surface area contributed by atoms with Crippen molar-refractivity contribution in [2.24, 2.45) is 0 Å². The van der Waals surface area contributed by atoms with Crippen LogP contribution in [0.2, 0.25) is 0 Å². The quantitative estimate of drug-likeness (QED) is 0.732. The van der Waals surface area contributed by atoms with Crippen molar-refractivity contribution in [1.82, 2.24) is 10.3 Å². The predicted octanol–water partition coefficient (Wildman–Crippen LogP) is 4.25. The van der Waals surface area contributed by atoms with E-state index in [9.17, 15) is 9.18 Å². The number of anilines is 1. The fourth-order valence-corrected chi connectivity index (χ4v) is 2.48. The molecule has 0 unspecified atom stereocenters. The third-order valence-corrected chi connectivity index (χ3v) is 3.74. The summed E-state index contributed by atoms with van der Waals surface area (Å²) < 4.78 is 13.1. The van der Waals surface area contributed by atoms with Gasteiger partial charge in [0.1, 0.15) is 5.82 Å². The van der Waals surface area contributed by atoms with Crippen molar-refractivity contribution in [3.8, 4) is 11.1 Å². The van der Waals surface area contributed by atoms with Crippen molar-refractivity contribution < 1.29 is 9.18 Å². The molecule has 0 atom stereocenters. The molecule has 0 saturated carbocycles. The first-order chi connectivity index (χ1) is 12.2. The van der Waals surface area contributed by atoms with Crippen LogP contribution in [-0.4, -0.2) is 17.6 Å². The van der Waals surface area contributed by atoms with Crippen LogP contribution in [0.15, 0.2) is 73.1 Å². The van der Waals surface area contributed by atoms with E-state index in [-0.39, 0.29) is 11.8 Å². The third-order valence-electron chi connectivity index (χ3n) is 3.74. The summed E-state index contributed by atoms with van der Waals surface area (Å²) in [6.07, 6.45) is 4.06. The van der Waals surface area contributed by atoms with E-state index in [0.29, 0.717) is 18.7 Å². The normalized spacial score (nSPS) is 10.3. The first-order valence-corrected chi connectivity index (χ1v) is 8.00. The lowest BCUT2D eigenvalue weighted by Gasteiger charge is -2.09. The predicted molar refractivity (Wildman–Crippen MR) is 96.8 cm³/mol. The molecule has 0 aliphatic carbocycles. The molecule has 126 valence electrons. The summed E-state index contributed by atoms with van der Waals surface area (Å²) in [7, 11) is 0. The molecule has 1 heterocycles. The monoisotopic (exact) mass is 335 g/mol. The highest BCUT2D eigenvalue weighted by Crippen LogP contribution is 2.20. The highest BCUT2D eigenvalue weighted by atomic mass is 19.1. The molecule has 0 aliphatic heterocycles. The topological polar surface area (TPSA) is 54.0 Å². The van der Waals surface area contributed by atoms with E-state index in [4.69, 9.17) is 0 Å². The highest BCUT2D eigenvalue weighted by Gasteiger charge is 2.03. The van der Waals surface area contributed by atoms with Gasteiger partial charge in [0.05, 0.1) is 0 Å². The molecular weight excluding hydrogens is 317 g/mol. The molecule has 2 N–H and O–H groups in total. The minimum atomic E-state index is -0.284. The van der Waals surface area contributed by atoms with E-state index >= 15 is 0 Å². The third kappa shape index (κ3) is 4.88. The van der Waals surface area contributed by atoms with Gasteiger partial charge in [-0.05, 0) is 59.5 Å². The molecule has 0 aliphatic rings. The number of nitrogens with one attached hydrogen (secondary N) is 2. The number of halogens is 1. The summed E-state index contributed by atoms with van der Waals surface area (Å²) in [6.45, 7) is 0.435. The van der Waals surface area contributed by atoms with Gasteiger partial charge >= 0.3 is 6.03 Å². The van der Waals surface area contributed by atoms with Gasteiger partial charge in [-0.3, -0.25) is 4.98 Å². The van der Waals surface area contributed by atoms with Crippen LogP contribution in [0.3, 0.4) is 0 Å². The second-order valence-electron chi connectivity index (χ2n) is 5.57. The van der Waals surface area contributed by atoms with Crippen LogP contribution < -0.4 is 10.6 Å². The van der Waals surface area contributed by atoms with Gasteiger partial charge in [-0.2, -0.15) is 0 Å². The van der Waals surface area contributed by atoms with Crippen molar-refractivity contribution in [2.75, 3.05) is 11.9 Å². The van der Waals surface area contributed by atoms with Gasteiger partial charge in [-0.25, -0.2) is 9.18 Å². The van der Waals surface area contributed by atoms with Crippen molar-refractivity contribution in [3.05, 3.63) is 84.4 Å². The van der Waals surface area contributed by atoms with Gasteiger partial charge in [-0.1, -0.05) is 24.3 Å². The zero-order chi connectivity index (χ0) is 17.5. The van der Waals surface area contributed by atoms with Crippen LogP contribution in [0, 0.1) is 5.82 Å². The molecule has 25 heavy (non-hydrogen) atoms. The summed E-state index contributed by atoms with van der Waals surface area (Å²) in [5.41, 5.74) is 3.68. The molecule has 0 radical (unpaired) electrons. The molecule has 0 saturated heterocycles. The average Bonchev–Trinajstić information content (AvgIpc) is 2.63. The number of hydrogen-bond donors (Lipinski definition) is 2. The standard InChI is InChI=1S/C20H18FN3O/c21-18-3-1-2-15(14-18)8-13-23-20(25)24-19-6-4-16(5-7-19)17-9-11-22-12-10-17/h1-7,9-12,14H,8,13H2,(H2,23,24,25). The first-order valence-electron chi connectivity index (χ1n) is 8.00. The van der Waals surface area contributed by atoms with Crippen LogP contribution in [0.4, 0.5) is 14.9 Å². The van der Waals surface area contributed by atoms with Crippen LogP contribution in [0.1, 0.15) is 5.56 Å². The van der Waals surface area contributed by atoms with Gasteiger partial charge in [0.15, 0.2) is 0 Å². The maximum absolute atomic E-state index is 13.1. The van der Waals surface area contributed by atoms with Crippen molar-refractivity contribution >= 4 is 11.7 Å². The highest BCUT2D eigenvalue weighted by molar-refractivity contribution is 5.89. The van der Waals surface area contributed by atoms with Crippen molar-refractivity contribution in [1.29, 1.82) is 0 Å². The summed E-state index contributed by atoms with van der Waals surface area (Å²) >= 11 is 0. The molecule has 5 heteroatoms. The molecule has 0 bridgehead atoms. The maximum atomic E-state index is 13.1. The van der Waals surface area contributed by atoms with E-state index in [1.165, 1.54) is 12.1 Å². The van der Waals surface area contributed by atoms with Crippen LogP contribution in [0.5, 0.6) is 0 Å². The number of amides is 2. The second kappa shape index (κ2) is 8.06. The molecule has 2 aromatic carbocycles.